The molecular formula is C18H17NO5. The van der Waals surface area contributed by atoms with Gasteiger partial charge in [-0.2, -0.15) is 0 Å². The number of ether oxygens (including phenoxy) is 1. The fraction of sp³-hybridized carbons (Fsp3) is 0.222. The zero-order chi connectivity index (χ0) is 17.1. The molecule has 1 aromatic heterocycles. The number of rotatable bonds is 5. The number of fused-ring (bicyclic) bond motifs is 3. The van der Waals surface area contributed by atoms with E-state index in [2.05, 4.69) is 5.32 Å². The van der Waals surface area contributed by atoms with Gasteiger partial charge in [-0.1, -0.05) is 0 Å². The summed E-state index contributed by atoms with van der Waals surface area (Å²) in [7, 11) is 0. The third kappa shape index (κ3) is 3.17. The molecule has 6 heteroatoms. The summed E-state index contributed by atoms with van der Waals surface area (Å²) in [4.78, 5) is 23.5. The minimum Gasteiger partial charge on any atom is -0.508 e. The molecule has 124 valence electrons. The standard InChI is InChI=1S/C18H17NO5/c1-2-19-17(21)7-8-23-12-4-6-14-13-5-3-11(20)9-15(13)18(22)24-16(14)10-12/h3-6,9-10,20H,2,7-8H2,1H3,(H,19,21). The molecule has 24 heavy (non-hydrogen) atoms. The van der Waals surface area contributed by atoms with Gasteiger partial charge in [-0.25, -0.2) is 4.79 Å². The first-order valence-corrected chi connectivity index (χ1v) is 7.67. The number of benzene rings is 2. The summed E-state index contributed by atoms with van der Waals surface area (Å²) >= 11 is 0. The van der Waals surface area contributed by atoms with Crippen LogP contribution in [0, 0.1) is 0 Å². The lowest BCUT2D eigenvalue weighted by Crippen LogP contribution is -2.24. The Morgan fingerprint density at radius 2 is 1.96 bits per heavy atom. The van der Waals surface area contributed by atoms with Crippen molar-refractivity contribution in [1.29, 1.82) is 0 Å². The van der Waals surface area contributed by atoms with Gasteiger partial charge in [0.25, 0.3) is 0 Å². The fourth-order valence-electron chi connectivity index (χ4n) is 2.54. The van der Waals surface area contributed by atoms with Gasteiger partial charge in [-0.05, 0) is 37.3 Å². The molecule has 0 saturated carbocycles. The fourth-order valence-corrected chi connectivity index (χ4v) is 2.54. The van der Waals surface area contributed by atoms with Crippen LogP contribution < -0.4 is 15.7 Å². The van der Waals surface area contributed by atoms with Crippen LogP contribution in [0.15, 0.2) is 45.6 Å². The lowest BCUT2D eigenvalue weighted by Gasteiger charge is -2.08. The molecule has 0 aliphatic rings. The summed E-state index contributed by atoms with van der Waals surface area (Å²) in [6.07, 6.45) is 0.257. The molecule has 0 aliphatic heterocycles. The Bertz CT molecular complexity index is 961. The molecule has 0 fully saturated rings. The van der Waals surface area contributed by atoms with E-state index in [9.17, 15) is 14.7 Å². The van der Waals surface area contributed by atoms with Gasteiger partial charge in [0, 0.05) is 23.4 Å². The molecule has 0 saturated heterocycles. The maximum atomic E-state index is 12.1. The average Bonchev–Trinajstić information content (AvgIpc) is 2.55. The van der Waals surface area contributed by atoms with E-state index in [1.807, 2.05) is 6.92 Å². The lowest BCUT2D eigenvalue weighted by molar-refractivity contribution is -0.121. The maximum absolute atomic E-state index is 12.1. The second kappa shape index (κ2) is 6.62. The van der Waals surface area contributed by atoms with Gasteiger partial charge in [-0.15, -0.1) is 0 Å². The summed E-state index contributed by atoms with van der Waals surface area (Å²) in [5.41, 5.74) is -0.124. The number of amides is 1. The summed E-state index contributed by atoms with van der Waals surface area (Å²) < 4.78 is 10.8. The van der Waals surface area contributed by atoms with Crippen molar-refractivity contribution in [3.63, 3.8) is 0 Å². The highest BCUT2D eigenvalue weighted by molar-refractivity contribution is 6.04. The second-order valence-electron chi connectivity index (χ2n) is 5.33. The number of phenolic OH excluding ortho intramolecular Hbond substituents is 1. The molecule has 1 amide bonds. The molecule has 0 aliphatic carbocycles. The molecule has 0 atom stereocenters. The van der Waals surface area contributed by atoms with Crippen LogP contribution in [0.3, 0.4) is 0 Å². The van der Waals surface area contributed by atoms with Gasteiger partial charge in [-0.3, -0.25) is 4.79 Å². The minimum absolute atomic E-state index is 0.0134. The van der Waals surface area contributed by atoms with Crippen LogP contribution in [-0.4, -0.2) is 24.2 Å². The van der Waals surface area contributed by atoms with E-state index in [1.54, 1.807) is 24.3 Å². The largest absolute Gasteiger partial charge is 0.508 e. The Kier molecular flexibility index (Phi) is 4.37. The smallest absolute Gasteiger partial charge is 0.344 e. The average molecular weight is 327 g/mol. The molecular weight excluding hydrogens is 310 g/mol. The van der Waals surface area contributed by atoms with Gasteiger partial charge < -0.3 is 19.6 Å². The van der Waals surface area contributed by atoms with E-state index in [1.165, 1.54) is 12.1 Å². The molecule has 3 aromatic rings. The van der Waals surface area contributed by atoms with E-state index >= 15 is 0 Å². The molecule has 0 unspecified atom stereocenters. The Morgan fingerprint density at radius 3 is 2.75 bits per heavy atom. The Hall–Kier alpha value is -3.02. The maximum Gasteiger partial charge on any atom is 0.344 e. The van der Waals surface area contributed by atoms with E-state index < -0.39 is 5.63 Å². The normalized spacial score (nSPS) is 10.9. The Balaban J connectivity index is 1.89. The number of hydrogen-bond acceptors (Lipinski definition) is 5. The number of hydrogen-bond donors (Lipinski definition) is 2. The highest BCUT2D eigenvalue weighted by atomic mass is 16.5. The monoisotopic (exact) mass is 327 g/mol. The second-order valence-corrected chi connectivity index (χ2v) is 5.33. The van der Waals surface area contributed by atoms with E-state index in [4.69, 9.17) is 9.15 Å². The van der Waals surface area contributed by atoms with Crippen LogP contribution in [-0.2, 0) is 4.79 Å². The number of aromatic hydroxyl groups is 1. The third-order valence-electron chi connectivity index (χ3n) is 3.64. The van der Waals surface area contributed by atoms with Crippen LogP contribution in [0.4, 0.5) is 0 Å². The van der Waals surface area contributed by atoms with Crippen LogP contribution >= 0.6 is 0 Å². The minimum atomic E-state index is -0.520. The molecule has 6 nitrogen and oxygen atoms in total. The van der Waals surface area contributed by atoms with Crippen LogP contribution in [0.5, 0.6) is 11.5 Å². The summed E-state index contributed by atoms with van der Waals surface area (Å²) in [5.74, 6) is 0.461. The van der Waals surface area contributed by atoms with Crippen molar-refractivity contribution in [3.05, 3.63) is 46.8 Å². The number of carbonyl (C=O) groups excluding carboxylic acids is 1. The lowest BCUT2D eigenvalue weighted by atomic mass is 10.1. The quantitative estimate of drug-likeness (QED) is 0.555. The van der Waals surface area contributed by atoms with Crippen molar-refractivity contribution in [2.45, 2.75) is 13.3 Å². The zero-order valence-electron chi connectivity index (χ0n) is 13.2. The van der Waals surface area contributed by atoms with Crippen molar-refractivity contribution >= 4 is 27.6 Å². The van der Waals surface area contributed by atoms with Gasteiger partial charge >= 0.3 is 5.63 Å². The van der Waals surface area contributed by atoms with Crippen LogP contribution in [0.2, 0.25) is 0 Å². The Morgan fingerprint density at radius 1 is 1.17 bits per heavy atom. The van der Waals surface area contributed by atoms with Crippen molar-refractivity contribution in [1.82, 2.24) is 5.32 Å². The number of nitrogens with one attached hydrogen (secondary N) is 1. The Labute approximate surface area is 137 Å². The van der Waals surface area contributed by atoms with Gasteiger partial charge in [0.15, 0.2) is 0 Å². The first-order valence-electron chi connectivity index (χ1n) is 7.67. The van der Waals surface area contributed by atoms with Gasteiger partial charge in [0.05, 0.1) is 18.4 Å². The van der Waals surface area contributed by atoms with Crippen molar-refractivity contribution in [2.75, 3.05) is 13.2 Å². The topological polar surface area (TPSA) is 88.8 Å². The highest BCUT2D eigenvalue weighted by Gasteiger charge is 2.09. The molecule has 0 spiro atoms. The summed E-state index contributed by atoms with van der Waals surface area (Å²) in [6, 6.07) is 9.76. The number of phenols is 1. The summed E-state index contributed by atoms with van der Waals surface area (Å²) in [5, 5.41) is 14.0. The van der Waals surface area contributed by atoms with Crippen LogP contribution in [0.1, 0.15) is 13.3 Å². The SMILES string of the molecule is CCNC(=O)CCOc1ccc2c(c1)oc(=O)c1cc(O)ccc12. The first-order chi connectivity index (χ1) is 11.6. The molecule has 2 N–H and O–H groups in total. The van der Waals surface area contributed by atoms with Crippen molar-refractivity contribution < 1.29 is 19.1 Å². The molecule has 1 heterocycles. The predicted molar refractivity (Wildman–Crippen MR) is 90.5 cm³/mol. The molecule has 0 radical (unpaired) electrons. The molecule has 0 bridgehead atoms. The zero-order valence-corrected chi connectivity index (χ0v) is 13.2. The molecule has 2 aromatic carbocycles. The molecule has 3 rings (SSSR count). The highest BCUT2D eigenvalue weighted by Crippen LogP contribution is 2.28. The van der Waals surface area contributed by atoms with E-state index in [0.29, 0.717) is 28.6 Å². The van der Waals surface area contributed by atoms with Crippen LogP contribution in [0.25, 0.3) is 21.7 Å². The van der Waals surface area contributed by atoms with Crippen molar-refractivity contribution in [3.8, 4) is 11.5 Å². The predicted octanol–water partition coefficient (Wildman–Crippen LogP) is 2.56. The van der Waals surface area contributed by atoms with Gasteiger partial charge in [0.2, 0.25) is 5.91 Å². The number of carbonyl (C=O) groups is 1. The summed E-state index contributed by atoms with van der Waals surface area (Å²) in [6.45, 7) is 2.68. The first kappa shape index (κ1) is 15.9. The van der Waals surface area contributed by atoms with Crippen molar-refractivity contribution in [2.24, 2.45) is 0 Å². The van der Waals surface area contributed by atoms with Gasteiger partial charge in [0.1, 0.15) is 17.1 Å². The van der Waals surface area contributed by atoms with E-state index in [0.717, 1.165) is 5.39 Å². The van der Waals surface area contributed by atoms with E-state index in [-0.39, 0.29) is 24.7 Å². The third-order valence-corrected chi connectivity index (χ3v) is 3.64.